The fourth-order valence-electron chi connectivity index (χ4n) is 1.90. The molecule has 144 valence electrons. The first-order valence-corrected chi connectivity index (χ1v) is 9.10. The summed E-state index contributed by atoms with van der Waals surface area (Å²) in [6, 6.07) is 0. The van der Waals surface area contributed by atoms with Crippen LogP contribution >= 0.6 is 0 Å². The highest BCUT2D eigenvalue weighted by Gasteiger charge is 2.10. The summed E-state index contributed by atoms with van der Waals surface area (Å²) < 4.78 is 0. The molecule has 0 spiro atoms. The van der Waals surface area contributed by atoms with Crippen molar-refractivity contribution in [3.05, 3.63) is 72.9 Å². The van der Waals surface area contributed by atoms with E-state index in [9.17, 15) is 15.0 Å². The number of hydrogen-bond donors (Lipinski definition) is 3. The Morgan fingerprint density at radius 1 is 0.846 bits per heavy atom. The standard InChI is InChI=1S/C22H32O4/c1-2-3-4-5-11-14-17-20(23)21(24)18-15-12-9-7-6-8-10-13-16-19-22(25)26/h3-4,6-7,9-15,18,20-21,23-24H,2,5,8,16-17,19H2,1H3,(H,25,26)/b4-3+,7-6+,12-9+,13-10+,14-11+,18-15+. The molecule has 0 fully saturated rings. The topological polar surface area (TPSA) is 77.8 Å². The predicted octanol–water partition coefficient (Wildman–Crippen LogP) is 4.49. The molecule has 0 aromatic heterocycles. The number of carbonyl (C=O) groups is 1. The van der Waals surface area contributed by atoms with Gasteiger partial charge in [-0.25, -0.2) is 0 Å². The highest BCUT2D eigenvalue weighted by atomic mass is 16.4. The van der Waals surface area contributed by atoms with Crippen molar-refractivity contribution < 1.29 is 20.1 Å². The Morgan fingerprint density at radius 2 is 1.50 bits per heavy atom. The van der Waals surface area contributed by atoms with E-state index in [0.717, 1.165) is 19.3 Å². The molecule has 3 N–H and O–H groups in total. The third kappa shape index (κ3) is 16.7. The lowest BCUT2D eigenvalue weighted by molar-refractivity contribution is -0.136. The van der Waals surface area contributed by atoms with Crippen LogP contribution in [0.2, 0.25) is 0 Å². The Labute approximate surface area is 157 Å². The van der Waals surface area contributed by atoms with E-state index in [1.54, 1.807) is 18.2 Å². The average molecular weight is 360 g/mol. The Balaban J connectivity index is 3.92. The fraction of sp³-hybridized carbons (Fsp3) is 0.409. The molecule has 0 saturated carbocycles. The third-order valence-electron chi connectivity index (χ3n) is 3.35. The van der Waals surface area contributed by atoms with Crippen molar-refractivity contribution in [1.29, 1.82) is 0 Å². The molecule has 0 aliphatic carbocycles. The van der Waals surface area contributed by atoms with Gasteiger partial charge >= 0.3 is 5.97 Å². The number of aliphatic hydroxyl groups is 2. The van der Waals surface area contributed by atoms with Crippen LogP contribution in [0.3, 0.4) is 0 Å². The number of aliphatic carboxylic acids is 1. The molecule has 26 heavy (non-hydrogen) atoms. The van der Waals surface area contributed by atoms with Crippen LogP contribution in [0.5, 0.6) is 0 Å². The third-order valence-corrected chi connectivity index (χ3v) is 3.35. The van der Waals surface area contributed by atoms with E-state index in [2.05, 4.69) is 19.1 Å². The number of rotatable bonds is 14. The molecule has 0 radical (unpaired) electrons. The number of carboxylic acids is 1. The average Bonchev–Trinajstić information content (AvgIpc) is 2.61. The number of carboxylic acid groups (broad SMARTS) is 1. The zero-order valence-corrected chi connectivity index (χ0v) is 15.6. The van der Waals surface area contributed by atoms with Crippen molar-refractivity contribution in [3.63, 3.8) is 0 Å². The predicted molar refractivity (Wildman–Crippen MR) is 108 cm³/mol. The molecule has 0 heterocycles. The van der Waals surface area contributed by atoms with Gasteiger partial charge in [0.15, 0.2) is 0 Å². The van der Waals surface area contributed by atoms with Gasteiger partial charge in [0.05, 0.1) is 12.2 Å². The van der Waals surface area contributed by atoms with Crippen LogP contribution in [-0.4, -0.2) is 33.5 Å². The van der Waals surface area contributed by atoms with Crippen molar-refractivity contribution >= 4 is 5.97 Å². The molecule has 0 aromatic carbocycles. The van der Waals surface area contributed by atoms with Gasteiger partial charge in [0, 0.05) is 6.42 Å². The Hall–Kier alpha value is -2.17. The molecular formula is C22H32O4. The van der Waals surface area contributed by atoms with Gasteiger partial charge in [-0.05, 0) is 32.1 Å². The van der Waals surface area contributed by atoms with Gasteiger partial charge in [-0.15, -0.1) is 0 Å². The molecule has 2 unspecified atom stereocenters. The molecule has 0 aliphatic rings. The highest BCUT2D eigenvalue weighted by Crippen LogP contribution is 2.03. The SMILES string of the molecule is CC/C=C/C/C=C/CC(O)C(O)/C=C/C=C/C=C/C/C=C/CCC(=O)O. The summed E-state index contributed by atoms with van der Waals surface area (Å²) in [4.78, 5) is 10.3. The Morgan fingerprint density at radius 3 is 2.23 bits per heavy atom. The minimum absolute atomic E-state index is 0.158. The maximum Gasteiger partial charge on any atom is 0.303 e. The quantitative estimate of drug-likeness (QED) is 0.315. The highest BCUT2D eigenvalue weighted by molar-refractivity contribution is 5.66. The Bertz CT molecular complexity index is 524. The lowest BCUT2D eigenvalue weighted by atomic mass is 10.1. The number of hydrogen-bond acceptors (Lipinski definition) is 3. The molecule has 0 bridgehead atoms. The maximum atomic E-state index is 10.3. The first kappa shape index (κ1) is 23.8. The first-order chi connectivity index (χ1) is 12.6. The molecule has 4 heteroatoms. The summed E-state index contributed by atoms with van der Waals surface area (Å²) in [5, 5.41) is 28.2. The van der Waals surface area contributed by atoms with Crippen LogP contribution in [0, 0.1) is 0 Å². The van der Waals surface area contributed by atoms with E-state index >= 15 is 0 Å². The molecule has 4 nitrogen and oxygen atoms in total. The van der Waals surface area contributed by atoms with Gasteiger partial charge in [-0.3, -0.25) is 4.79 Å². The van der Waals surface area contributed by atoms with Gasteiger partial charge in [-0.1, -0.05) is 79.8 Å². The zero-order valence-electron chi connectivity index (χ0n) is 15.6. The summed E-state index contributed by atoms with van der Waals surface area (Å²) in [5.74, 6) is -0.785. The van der Waals surface area contributed by atoms with E-state index in [1.165, 1.54) is 0 Å². The molecule has 2 atom stereocenters. The lowest BCUT2D eigenvalue weighted by Gasteiger charge is -2.11. The van der Waals surface area contributed by atoms with Gasteiger partial charge in [0.2, 0.25) is 0 Å². The summed E-state index contributed by atoms with van der Waals surface area (Å²) >= 11 is 0. The van der Waals surface area contributed by atoms with E-state index < -0.39 is 18.2 Å². The summed E-state index contributed by atoms with van der Waals surface area (Å²) in [6.07, 6.45) is 24.5. The van der Waals surface area contributed by atoms with Crippen LogP contribution in [0.1, 0.15) is 45.4 Å². The second-order valence-corrected chi connectivity index (χ2v) is 5.72. The van der Waals surface area contributed by atoms with Gasteiger partial charge in [0.1, 0.15) is 0 Å². The van der Waals surface area contributed by atoms with Crippen LogP contribution in [0.25, 0.3) is 0 Å². The molecule has 0 aliphatic heterocycles. The van der Waals surface area contributed by atoms with Crippen molar-refractivity contribution in [2.75, 3.05) is 0 Å². The Kier molecular flexibility index (Phi) is 16.2. The smallest absolute Gasteiger partial charge is 0.303 e. The summed E-state index contributed by atoms with van der Waals surface area (Å²) in [7, 11) is 0. The van der Waals surface area contributed by atoms with E-state index in [4.69, 9.17) is 5.11 Å². The fourth-order valence-corrected chi connectivity index (χ4v) is 1.90. The van der Waals surface area contributed by atoms with Crippen LogP contribution < -0.4 is 0 Å². The minimum atomic E-state index is -0.892. The van der Waals surface area contributed by atoms with E-state index in [0.29, 0.717) is 12.8 Å². The molecule has 0 saturated heterocycles. The van der Waals surface area contributed by atoms with Gasteiger partial charge in [0.25, 0.3) is 0 Å². The molecule has 0 aromatic rings. The number of allylic oxidation sites excluding steroid dienone is 10. The summed E-state index contributed by atoms with van der Waals surface area (Å²) in [6.45, 7) is 2.08. The summed E-state index contributed by atoms with van der Waals surface area (Å²) in [5.41, 5.74) is 0. The second kappa shape index (κ2) is 17.6. The van der Waals surface area contributed by atoms with Crippen LogP contribution in [-0.2, 0) is 4.79 Å². The minimum Gasteiger partial charge on any atom is -0.481 e. The maximum absolute atomic E-state index is 10.3. The molecule has 0 rings (SSSR count). The van der Waals surface area contributed by atoms with Crippen molar-refractivity contribution in [1.82, 2.24) is 0 Å². The van der Waals surface area contributed by atoms with Crippen molar-refractivity contribution in [2.24, 2.45) is 0 Å². The number of aliphatic hydroxyl groups excluding tert-OH is 2. The van der Waals surface area contributed by atoms with E-state index in [-0.39, 0.29) is 6.42 Å². The van der Waals surface area contributed by atoms with Gasteiger partial charge < -0.3 is 15.3 Å². The van der Waals surface area contributed by atoms with Gasteiger partial charge in [-0.2, -0.15) is 0 Å². The van der Waals surface area contributed by atoms with Crippen molar-refractivity contribution in [3.8, 4) is 0 Å². The largest absolute Gasteiger partial charge is 0.481 e. The van der Waals surface area contributed by atoms with Crippen molar-refractivity contribution in [2.45, 2.75) is 57.7 Å². The monoisotopic (exact) mass is 360 g/mol. The second-order valence-electron chi connectivity index (χ2n) is 5.72. The lowest BCUT2D eigenvalue weighted by Crippen LogP contribution is -2.22. The molecule has 0 amide bonds. The normalized spacial score (nSPS) is 15.5. The van der Waals surface area contributed by atoms with Crippen LogP contribution in [0.15, 0.2) is 72.9 Å². The first-order valence-electron chi connectivity index (χ1n) is 9.10. The van der Waals surface area contributed by atoms with E-state index in [1.807, 2.05) is 42.5 Å². The van der Waals surface area contributed by atoms with Crippen LogP contribution in [0.4, 0.5) is 0 Å². The zero-order chi connectivity index (χ0) is 19.5. The molecular weight excluding hydrogens is 328 g/mol.